The predicted octanol–water partition coefficient (Wildman–Crippen LogP) is 2.31. The smallest absolute Gasteiger partial charge is 0.263 e. The van der Waals surface area contributed by atoms with Crippen molar-refractivity contribution in [2.45, 2.75) is 49.9 Å². The molecule has 1 amide bonds. The van der Waals surface area contributed by atoms with Crippen LogP contribution in [0.15, 0.2) is 9.95 Å². The van der Waals surface area contributed by atoms with Crippen LogP contribution < -0.4 is 5.56 Å². The van der Waals surface area contributed by atoms with E-state index in [0.29, 0.717) is 11.7 Å². The van der Waals surface area contributed by atoms with Crippen LogP contribution in [-0.2, 0) is 28.9 Å². The van der Waals surface area contributed by atoms with Crippen LogP contribution in [0, 0.1) is 0 Å². The van der Waals surface area contributed by atoms with Gasteiger partial charge in [0.25, 0.3) is 5.56 Å². The van der Waals surface area contributed by atoms with Crippen LogP contribution in [0.5, 0.6) is 0 Å². The molecule has 8 heteroatoms. The summed E-state index contributed by atoms with van der Waals surface area (Å²) in [7, 11) is 3.48. The maximum Gasteiger partial charge on any atom is 0.263 e. The Labute approximate surface area is 160 Å². The van der Waals surface area contributed by atoms with Gasteiger partial charge >= 0.3 is 0 Å². The van der Waals surface area contributed by atoms with Crippen molar-refractivity contribution in [2.24, 2.45) is 0 Å². The minimum absolute atomic E-state index is 0.0155. The standard InChI is InChI=1S/C18H23N3O3S2/c1-20(2)14(22)10-25-18-19-16-15(12-6-3-7-13(12)26-16)17(23)21(18)9-11-5-4-8-24-11/h11H,3-10H2,1-2H3/t11-/m1/s1. The molecule has 2 aliphatic rings. The average molecular weight is 394 g/mol. The van der Waals surface area contributed by atoms with Crippen molar-refractivity contribution < 1.29 is 9.53 Å². The van der Waals surface area contributed by atoms with Crippen molar-refractivity contribution >= 4 is 39.2 Å². The van der Waals surface area contributed by atoms with Crippen molar-refractivity contribution in [3.8, 4) is 0 Å². The molecule has 6 nitrogen and oxygen atoms in total. The number of carbonyl (C=O) groups is 1. The highest BCUT2D eigenvalue weighted by Gasteiger charge is 2.25. The van der Waals surface area contributed by atoms with Gasteiger partial charge in [-0.3, -0.25) is 14.2 Å². The van der Waals surface area contributed by atoms with Crippen LogP contribution in [0.4, 0.5) is 0 Å². The molecule has 26 heavy (non-hydrogen) atoms. The summed E-state index contributed by atoms with van der Waals surface area (Å²) < 4.78 is 7.49. The highest BCUT2D eigenvalue weighted by atomic mass is 32.2. The van der Waals surface area contributed by atoms with Crippen LogP contribution in [-0.4, -0.2) is 52.9 Å². The summed E-state index contributed by atoms with van der Waals surface area (Å²) in [5.74, 6) is 0.295. The molecule has 1 saturated heterocycles. The molecule has 1 fully saturated rings. The quantitative estimate of drug-likeness (QED) is 0.576. The van der Waals surface area contributed by atoms with E-state index in [2.05, 4.69) is 0 Å². The SMILES string of the molecule is CN(C)C(=O)CSc1nc2sc3c(c2c(=O)n1C[C@H]1CCCO1)CCC3. The minimum atomic E-state index is 0.0155. The molecule has 1 atom stereocenters. The van der Waals surface area contributed by atoms with E-state index in [9.17, 15) is 9.59 Å². The summed E-state index contributed by atoms with van der Waals surface area (Å²) in [6, 6.07) is 0. The second-order valence-electron chi connectivity index (χ2n) is 7.06. The first-order chi connectivity index (χ1) is 12.5. The van der Waals surface area contributed by atoms with Crippen LogP contribution >= 0.6 is 23.1 Å². The number of hydrogen-bond donors (Lipinski definition) is 0. The van der Waals surface area contributed by atoms with Gasteiger partial charge in [-0.15, -0.1) is 11.3 Å². The fraction of sp³-hybridized carbons (Fsp3) is 0.611. The number of thioether (sulfide) groups is 1. The van der Waals surface area contributed by atoms with Crippen molar-refractivity contribution in [3.05, 3.63) is 20.8 Å². The van der Waals surface area contributed by atoms with E-state index in [1.165, 1.54) is 22.2 Å². The number of rotatable bonds is 5. The molecule has 0 aromatic carbocycles. The van der Waals surface area contributed by atoms with Gasteiger partial charge in [0.05, 0.1) is 23.8 Å². The first kappa shape index (κ1) is 18.0. The zero-order valence-electron chi connectivity index (χ0n) is 15.1. The number of fused-ring (bicyclic) bond motifs is 3. The lowest BCUT2D eigenvalue weighted by Gasteiger charge is -2.16. The molecule has 2 aromatic rings. The van der Waals surface area contributed by atoms with E-state index < -0.39 is 0 Å². The Kier molecular flexibility index (Phi) is 5.07. The van der Waals surface area contributed by atoms with E-state index >= 15 is 0 Å². The lowest BCUT2D eigenvalue weighted by atomic mass is 10.2. The number of hydrogen-bond acceptors (Lipinski definition) is 6. The van der Waals surface area contributed by atoms with Crippen LogP contribution in [0.3, 0.4) is 0 Å². The molecule has 0 unspecified atom stereocenters. The highest BCUT2D eigenvalue weighted by Crippen LogP contribution is 2.35. The van der Waals surface area contributed by atoms with Gasteiger partial charge in [0.1, 0.15) is 4.83 Å². The number of carbonyl (C=O) groups excluding carboxylic acids is 1. The first-order valence-electron chi connectivity index (χ1n) is 9.04. The Bertz CT molecular complexity index is 897. The summed E-state index contributed by atoms with van der Waals surface area (Å²) in [4.78, 5) is 33.8. The monoisotopic (exact) mass is 393 g/mol. The van der Waals surface area contributed by atoms with E-state index in [0.717, 1.165) is 48.9 Å². The second-order valence-corrected chi connectivity index (χ2v) is 9.09. The fourth-order valence-corrected chi connectivity index (χ4v) is 5.87. The lowest BCUT2D eigenvalue weighted by molar-refractivity contribution is -0.125. The van der Waals surface area contributed by atoms with Gasteiger partial charge in [-0.25, -0.2) is 4.98 Å². The first-order valence-corrected chi connectivity index (χ1v) is 10.8. The zero-order valence-corrected chi connectivity index (χ0v) is 16.8. The molecule has 0 spiro atoms. The maximum atomic E-state index is 13.3. The van der Waals surface area contributed by atoms with Gasteiger partial charge in [-0.1, -0.05) is 11.8 Å². The van der Waals surface area contributed by atoms with E-state index in [1.54, 1.807) is 34.9 Å². The summed E-state index contributed by atoms with van der Waals surface area (Å²) in [6.45, 7) is 1.27. The molecule has 1 aliphatic carbocycles. The number of thiophene rings is 1. The van der Waals surface area contributed by atoms with Gasteiger partial charge in [0.15, 0.2) is 5.16 Å². The van der Waals surface area contributed by atoms with Crippen molar-refractivity contribution in [3.63, 3.8) is 0 Å². The molecule has 4 rings (SSSR count). The molecule has 0 radical (unpaired) electrons. The molecule has 2 aromatic heterocycles. The summed E-state index contributed by atoms with van der Waals surface area (Å²) in [6.07, 6.45) is 5.19. The minimum Gasteiger partial charge on any atom is -0.376 e. The van der Waals surface area contributed by atoms with Crippen LogP contribution in [0.1, 0.15) is 29.7 Å². The van der Waals surface area contributed by atoms with E-state index in [4.69, 9.17) is 9.72 Å². The molecule has 1 aliphatic heterocycles. The highest BCUT2D eigenvalue weighted by molar-refractivity contribution is 7.99. The normalized spacial score (nSPS) is 19.2. The molecule has 0 bridgehead atoms. The van der Waals surface area contributed by atoms with E-state index in [-0.39, 0.29) is 23.3 Å². The number of aromatic nitrogens is 2. The van der Waals surface area contributed by atoms with Crippen LogP contribution in [0.25, 0.3) is 10.2 Å². The number of ether oxygens (including phenoxy) is 1. The third kappa shape index (κ3) is 3.30. The predicted molar refractivity (Wildman–Crippen MR) is 104 cm³/mol. The van der Waals surface area contributed by atoms with E-state index in [1.807, 2.05) is 0 Å². The summed E-state index contributed by atoms with van der Waals surface area (Å²) in [5, 5.41) is 1.43. The van der Waals surface area contributed by atoms with Crippen molar-refractivity contribution in [2.75, 3.05) is 26.5 Å². The average Bonchev–Trinajstić information content (AvgIpc) is 3.32. The molecule has 3 heterocycles. The Balaban J connectivity index is 1.74. The number of nitrogens with zero attached hydrogens (tertiary/aromatic N) is 3. The second kappa shape index (κ2) is 7.32. The Morgan fingerprint density at radius 1 is 1.38 bits per heavy atom. The number of aryl methyl sites for hydroxylation is 2. The molecule has 0 N–H and O–H groups in total. The third-order valence-electron chi connectivity index (χ3n) is 5.02. The van der Waals surface area contributed by atoms with Crippen molar-refractivity contribution in [1.29, 1.82) is 0 Å². The Morgan fingerprint density at radius 2 is 2.23 bits per heavy atom. The number of amides is 1. The zero-order chi connectivity index (χ0) is 18.3. The lowest BCUT2D eigenvalue weighted by Crippen LogP contribution is -2.29. The van der Waals surface area contributed by atoms with Gasteiger partial charge in [-0.05, 0) is 37.7 Å². The van der Waals surface area contributed by atoms with Crippen molar-refractivity contribution in [1.82, 2.24) is 14.5 Å². The largest absolute Gasteiger partial charge is 0.376 e. The Hall–Kier alpha value is -1.38. The fourth-order valence-electron chi connectivity index (χ4n) is 3.58. The maximum absolute atomic E-state index is 13.3. The van der Waals surface area contributed by atoms with Gasteiger partial charge in [0, 0.05) is 25.6 Å². The third-order valence-corrected chi connectivity index (χ3v) is 7.17. The van der Waals surface area contributed by atoms with Gasteiger partial charge in [-0.2, -0.15) is 0 Å². The summed E-state index contributed by atoms with van der Waals surface area (Å²) in [5.41, 5.74) is 1.23. The molecular formula is C18H23N3O3S2. The van der Waals surface area contributed by atoms with Crippen LogP contribution in [0.2, 0.25) is 0 Å². The van der Waals surface area contributed by atoms with Gasteiger partial charge in [0.2, 0.25) is 5.91 Å². The van der Waals surface area contributed by atoms with Gasteiger partial charge < -0.3 is 9.64 Å². The molecule has 0 saturated carbocycles. The molecule has 140 valence electrons. The topological polar surface area (TPSA) is 64.4 Å². The summed E-state index contributed by atoms with van der Waals surface area (Å²) >= 11 is 2.99. The molecular weight excluding hydrogens is 370 g/mol. The Morgan fingerprint density at radius 3 is 2.96 bits per heavy atom.